The van der Waals surface area contributed by atoms with Gasteiger partial charge >= 0.3 is 0 Å². The fourth-order valence-corrected chi connectivity index (χ4v) is 1.70. The van der Waals surface area contributed by atoms with Gasteiger partial charge in [0.15, 0.2) is 0 Å². The number of imidazole rings is 1. The van der Waals surface area contributed by atoms with Crippen LogP contribution in [0.3, 0.4) is 0 Å². The molecule has 2 rings (SSSR count). The van der Waals surface area contributed by atoms with Crippen molar-refractivity contribution in [3.8, 4) is 0 Å². The molecule has 3 nitrogen and oxygen atoms in total. The zero-order chi connectivity index (χ0) is 9.97. The molecule has 0 fully saturated rings. The summed E-state index contributed by atoms with van der Waals surface area (Å²) < 4.78 is 1.90. The zero-order valence-electron chi connectivity index (χ0n) is 8.00. The molecule has 2 heterocycles. The van der Waals surface area contributed by atoms with E-state index in [4.69, 9.17) is 11.6 Å². The standard InChI is InChI=1S/C10H12ClN3/c1-12-6-5-8-10(11)14-7-3-2-4-9(14)13-8/h2-4,7,12H,5-6H2,1H3. The first kappa shape index (κ1) is 9.49. The van der Waals surface area contributed by atoms with Crippen LogP contribution in [0.15, 0.2) is 24.4 Å². The number of hydrogen-bond donors (Lipinski definition) is 1. The quantitative estimate of drug-likeness (QED) is 0.835. The number of aromatic nitrogens is 2. The molecule has 0 saturated carbocycles. The summed E-state index contributed by atoms with van der Waals surface area (Å²) in [4.78, 5) is 4.44. The van der Waals surface area contributed by atoms with Gasteiger partial charge in [0.25, 0.3) is 0 Å². The summed E-state index contributed by atoms with van der Waals surface area (Å²) in [7, 11) is 1.92. The third kappa shape index (κ3) is 1.61. The highest BCUT2D eigenvalue weighted by molar-refractivity contribution is 6.30. The topological polar surface area (TPSA) is 29.3 Å². The van der Waals surface area contributed by atoms with E-state index in [2.05, 4.69) is 10.3 Å². The third-order valence-corrected chi connectivity index (χ3v) is 2.55. The monoisotopic (exact) mass is 209 g/mol. The van der Waals surface area contributed by atoms with Crippen LogP contribution in [0, 0.1) is 0 Å². The number of pyridine rings is 1. The van der Waals surface area contributed by atoms with Crippen molar-refractivity contribution in [1.82, 2.24) is 14.7 Å². The molecule has 0 saturated heterocycles. The Morgan fingerprint density at radius 3 is 3.07 bits per heavy atom. The molecule has 0 amide bonds. The summed E-state index contributed by atoms with van der Waals surface area (Å²) >= 11 is 6.17. The van der Waals surface area contributed by atoms with Gasteiger partial charge in [-0.1, -0.05) is 17.7 Å². The summed E-state index contributed by atoms with van der Waals surface area (Å²) in [5.41, 5.74) is 1.86. The minimum atomic E-state index is 0.718. The van der Waals surface area contributed by atoms with Crippen molar-refractivity contribution < 1.29 is 0 Å². The summed E-state index contributed by atoms with van der Waals surface area (Å²) in [6.45, 7) is 0.892. The molecule has 14 heavy (non-hydrogen) atoms. The van der Waals surface area contributed by atoms with E-state index in [9.17, 15) is 0 Å². The van der Waals surface area contributed by atoms with Crippen LogP contribution in [0.4, 0.5) is 0 Å². The SMILES string of the molecule is CNCCc1nc2ccccn2c1Cl. The van der Waals surface area contributed by atoms with Gasteiger partial charge in [-0.05, 0) is 19.2 Å². The van der Waals surface area contributed by atoms with Gasteiger partial charge < -0.3 is 5.32 Å². The molecule has 0 atom stereocenters. The molecule has 4 heteroatoms. The molecule has 1 N–H and O–H groups in total. The molecule has 0 spiro atoms. The van der Waals surface area contributed by atoms with Crippen LogP contribution < -0.4 is 5.32 Å². The average Bonchev–Trinajstić information content (AvgIpc) is 2.54. The first-order chi connectivity index (χ1) is 6.83. The number of likely N-dealkylation sites (N-methyl/N-ethyl adjacent to an activating group) is 1. The zero-order valence-corrected chi connectivity index (χ0v) is 8.75. The first-order valence-electron chi connectivity index (χ1n) is 4.59. The Morgan fingerprint density at radius 2 is 2.36 bits per heavy atom. The van der Waals surface area contributed by atoms with Gasteiger partial charge in [-0.15, -0.1) is 0 Å². The van der Waals surface area contributed by atoms with E-state index in [1.165, 1.54) is 0 Å². The Bertz CT molecular complexity index is 436. The van der Waals surface area contributed by atoms with Gasteiger partial charge in [0.1, 0.15) is 10.8 Å². The van der Waals surface area contributed by atoms with Crippen molar-refractivity contribution in [1.29, 1.82) is 0 Å². The number of fused-ring (bicyclic) bond motifs is 1. The lowest BCUT2D eigenvalue weighted by molar-refractivity contribution is 0.780. The second kappa shape index (κ2) is 3.98. The lowest BCUT2D eigenvalue weighted by Gasteiger charge is -1.96. The summed E-state index contributed by atoms with van der Waals surface area (Å²) in [6.07, 6.45) is 2.78. The van der Waals surface area contributed by atoms with Crippen LogP contribution in [-0.4, -0.2) is 23.0 Å². The second-order valence-electron chi connectivity index (χ2n) is 3.13. The molecule has 0 aliphatic carbocycles. The van der Waals surface area contributed by atoms with Gasteiger partial charge in [-0.25, -0.2) is 4.98 Å². The van der Waals surface area contributed by atoms with Crippen molar-refractivity contribution in [2.45, 2.75) is 6.42 Å². The average molecular weight is 210 g/mol. The van der Waals surface area contributed by atoms with E-state index in [0.29, 0.717) is 0 Å². The number of nitrogens with zero attached hydrogens (tertiary/aromatic N) is 2. The van der Waals surface area contributed by atoms with Gasteiger partial charge in [0, 0.05) is 19.2 Å². The summed E-state index contributed by atoms with van der Waals surface area (Å²) in [5.74, 6) is 0. The Balaban J connectivity index is 2.41. The van der Waals surface area contributed by atoms with E-state index < -0.39 is 0 Å². The van der Waals surface area contributed by atoms with Gasteiger partial charge in [0.05, 0.1) is 5.69 Å². The molecular formula is C10H12ClN3. The number of hydrogen-bond acceptors (Lipinski definition) is 2. The highest BCUT2D eigenvalue weighted by atomic mass is 35.5. The smallest absolute Gasteiger partial charge is 0.138 e. The minimum absolute atomic E-state index is 0.718. The molecule has 74 valence electrons. The van der Waals surface area contributed by atoms with E-state index in [0.717, 1.165) is 29.5 Å². The van der Waals surface area contributed by atoms with Crippen molar-refractivity contribution in [2.24, 2.45) is 0 Å². The van der Waals surface area contributed by atoms with Crippen LogP contribution in [0.25, 0.3) is 5.65 Å². The maximum atomic E-state index is 6.17. The first-order valence-corrected chi connectivity index (χ1v) is 4.97. The van der Waals surface area contributed by atoms with E-state index >= 15 is 0 Å². The molecule has 2 aromatic heterocycles. The van der Waals surface area contributed by atoms with Gasteiger partial charge in [-0.2, -0.15) is 0 Å². The summed E-state index contributed by atoms with van der Waals surface area (Å²) in [6, 6.07) is 5.86. The lowest BCUT2D eigenvalue weighted by atomic mass is 10.3. The molecule has 0 aromatic carbocycles. The fourth-order valence-electron chi connectivity index (χ4n) is 1.42. The molecule has 0 bridgehead atoms. The molecular weight excluding hydrogens is 198 g/mol. The van der Waals surface area contributed by atoms with Crippen molar-refractivity contribution >= 4 is 17.2 Å². The Morgan fingerprint density at radius 1 is 1.50 bits per heavy atom. The fraction of sp³-hybridized carbons (Fsp3) is 0.300. The van der Waals surface area contributed by atoms with E-state index in [1.54, 1.807) is 0 Å². The van der Waals surface area contributed by atoms with Crippen molar-refractivity contribution in [3.63, 3.8) is 0 Å². The van der Waals surface area contributed by atoms with Crippen LogP contribution in [-0.2, 0) is 6.42 Å². The molecule has 0 aliphatic rings. The largest absolute Gasteiger partial charge is 0.319 e. The molecule has 0 radical (unpaired) electrons. The van der Waals surface area contributed by atoms with Crippen molar-refractivity contribution in [3.05, 3.63) is 35.2 Å². The van der Waals surface area contributed by atoms with Gasteiger partial charge in [-0.3, -0.25) is 4.40 Å². The third-order valence-electron chi connectivity index (χ3n) is 2.15. The van der Waals surface area contributed by atoms with Crippen LogP contribution in [0.1, 0.15) is 5.69 Å². The van der Waals surface area contributed by atoms with Gasteiger partial charge in [0.2, 0.25) is 0 Å². The molecule has 2 aromatic rings. The predicted molar refractivity (Wildman–Crippen MR) is 57.8 cm³/mol. The Kier molecular flexibility index (Phi) is 2.70. The van der Waals surface area contributed by atoms with Crippen LogP contribution >= 0.6 is 11.6 Å². The Hall–Kier alpha value is -1.06. The second-order valence-corrected chi connectivity index (χ2v) is 3.49. The van der Waals surface area contributed by atoms with Crippen molar-refractivity contribution in [2.75, 3.05) is 13.6 Å². The van der Waals surface area contributed by atoms with Crippen LogP contribution in [0.2, 0.25) is 5.15 Å². The van der Waals surface area contributed by atoms with Crippen LogP contribution in [0.5, 0.6) is 0 Å². The minimum Gasteiger partial charge on any atom is -0.319 e. The maximum Gasteiger partial charge on any atom is 0.138 e. The highest BCUT2D eigenvalue weighted by Gasteiger charge is 2.07. The van der Waals surface area contributed by atoms with E-state index in [-0.39, 0.29) is 0 Å². The predicted octanol–water partition coefficient (Wildman–Crippen LogP) is 1.75. The number of halogens is 1. The Labute approximate surface area is 87.7 Å². The molecule has 0 unspecified atom stereocenters. The van der Waals surface area contributed by atoms with E-state index in [1.807, 2.05) is 35.8 Å². The summed E-state index contributed by atoms with van der Waals surface area (Å²) in [5, 5.41) is 3.80. The number of nitrogens with one attached hydrogen (secondary N) is 1. The molecule has 0 aliphatic heterocycles. The lowest BCUT2D eigenvalue weighted by Crippen LogP contribution is -2.10. The highest BCUT2D eigenvalue weighted by Crippen LogP contribution is 2.17. The number of rotatable bonds is 3. The maximum absolute atomic E-state index is 6.17. The normalized spacial score (nSPS) is 11.0.